The van der Waals surface area contributed by atoms with Gasteiger partial charge in [0.25, 0.3) is 0 Å². The fraction of sp³-hybridized carbons (Fsp3) is 0.316. The lowest BCUT2D eigenvalue weighted by atomic mass is 10.1. The van der Waals surface area contributed by atoms with E-state index in [9.17, 15) is 9.90 Å². The Bertz CT molecular complexity index is 980. The van der Waals surface area contributed by atoms with E-state index >= 15 is 0 Å². The summed E-state index contributed by atoms with van der Waals surface area (Å²) in [6.07, 6.45) is 0. The molecule has 0 saturated carbocycles. The number of phenolic OH excluding ortho intramolecular Hbond substituents is 1. The van der Waals surface area contributed by atoms with Crippen LogP contribution in [0.2, 0.25) is 18.1 Å². The number of hydrogen-bond donors (Lipinski definition) is 1. The van der Waals surface area contributed by atoms with Crippen molar-refractivity contribution in [3.63, 3.8) is 0 Å². The van der Waals surface area contributed by atoms with Gasteiger partial charge in [0, 0.05) is 16.8 Å². The van der Waals surface area contributed by atoms with Crippen LogP contribution in [0, 0.1) is 0 Å². The molecule has 0 radical (unpaired) electrons. The van der Waals surface area contributed by atoms with E-state index in [1.54, 1.807) is 18.2 Å². The smallest absolute Gasteiger partial charge is 0.344 e. The van der Waals surface area contributed by atoms with E-state index in [4.69, 9.17) is 8.84 Å². The van der Waals surface area contributed by atoms with Crippen molar-refractivity contribution in [3.05, 3.63) is 46.8 Å². The van der Waals surface area contributed by atoms with Gasteiger partial charge in [0.05, 0.1) is 5.39 Å². The first kappa shape index (κ1) is 16.6. The highest BCUT2D eigenvalue weighted by atomic mass is 28.4. The zero-order valence-corrected chi connectivity index (χ0v) is 15.6. The van der Waals surface area contributed by atoms with Crippen molar-refractivity contribution in [2.75, 3.05) is 0 Å². The molecule has 0 fully saturated rings. The van der Waals surface area contributed by atoms with Crippen LogP contribution in [0.4, 0.5) is 0 Å². The van der Waals surface area contributed by atoms with E-state index in [1.165, 1.54) is 6.07 Å². The van der Waals surface area contributed by atoms with Gasteiger partial charge >= 0.3 is 5.63 Å². The molecule has 1 aromatic heterocycles. The highest BCUT2D eigenvalue weighted by molar-refractivity contribution is 6.74. The summed E-state index contributed by atoms with van der Waals surface area (Å²) >= 11 is 0. The monoisotopic (exact) mass is 342 g/mol. The molecule has 0 bridgehead atoms. The van der Waals surface area contributed by atoms with Crippen molar-refractivity contribution in [1.29, 1.82) is 0 Å². The molecule has 0 amide bonds. The second-order valence-corrected chi connectivity index (χ2v) is 12.4. The Morgan fingerprint density at radius 1 is 1.00 bits per heavy atom. The Balaban J connectivity index is 2.16. The normalized spacial score (nSPS) is 12.7. The molecular weight excluding hydrogens is 320 g/mol. The molecule has 0 spiro atoms. The average molecular weight is 342 g/mol. The zero-order valence-electron chi connectivity index (χ0n) is 14.6. The summed E-state index contributed by atoms with van der Waals surface area (Å²) in [4.78, 5) is 12.3. The lowest BCUT2D eigenvalue weighted by molar-refractivity contribution is 0.473. The van der Waals surface area contributed by atoms with E-state index < -0.39 is 13.9 Å². The van der Waals surface area contributed by atoms with Crippen LogP contribution in [-0.4, -0.2) is 13.4 Å². The zero-order chi connectivity index (χ0) is 17.7. The standard InChI is InChI=1S/C19H22O4Si/c1-19(2,3)24(4,5)23-13-7-9-14-15-8-6-12(20)10-17(15)22-18(21)16(14)11-13/h6-11,20H,1-5H3. The first-order valence-electron chi connectivity index (χ1n) is 7.97. The van der Waals surface area contributed by atoms with E-state index in [0.29, 0.717) is 16.7 Å². The van der Waals surface area contributed by atoms with Crippen LogP contribution in [0.25, 0.3) is 21.7 Å². The molecule has 0 unspecified atom stereocenters. The molecule has 126 valence electrons. The van der Waals surface area contributed by atoms with Gasteiger partial charge in [-0.15, -0.1) is 0 Å². The van der Waals surface area contributed by atoms with Crippen LogP contribution in [-0.2, 0) is 0 Å². The third kappa shape index (κ3) is 2.80. The summed E-state index contributed by atoms with van der Waals surface area (Å²) in [5.41, 5.74) is -0.0469. The number of phenols is 1. The minimum atomic E-state index is -1.98. The molecule has 4 nitrogen and oxygen atoms in total. The predicted octanol–water partition coefficient (Wildman–Crippen LogP) is 5.04. The molecule has 3 aromatic rings. The molecule has 1 heterocycles. The van der Waals surface area contributed by atoms with E-state index in [1.807, 2.05) is 12.1 Å². The van der Waals surface area contributed by atoms with Crippen LogP contribution in [0.15, 0.2) is 45.6 Å². The second kappa shape index (κ2) is 5.38. The molecule has 0 aliphatic heterocycles. The van der Waals surface area contributed by atoms with Crippen molar-refractivity contribution in [1.82, 2.24) is 0 Å². The molecule has 5 heteroatoms. The van der Waals surface area contributed by atoms with Crippen LogP contribution in [0.5, 0.6) is 11.5 Å². The van der Waals surface area contributed by atoms with Crippen LogP contribution in [0.3, 0.4) is 0 Å². The number of rotatable bonds is 2. The first-order chi connectivity index (χ1) is 11.1. The SMILES string of the molecule is CC(C)(C)[Si](C)(C)Oc1ccc2c(c1)c(=O)oc1cc(O)ccc12. The van der Waals surface area contributed by atoms with Gasteiger partial charge in [-0.25, -0.2) is 4.79 Å². The number of hydrogen-bond acceptors (Lipinski definition) is 4. The quantitative estimate of drug-likeness (QED) is 0.403. The summed E-state index contributed by atoms with van der Waals surface area (Å²) in [6, 6.07) is 10.3. The fourth-order valence-electron chi connectivity index (χ4n) is 2.41. The van der Waals surface area contributed by atoms with E-state index in [0.717, 1.165) is 10.8 Å². The van der Waals surface area contributed by atoms with Crippen molar-refractivity contribution in [3.8, 4) is 11.5 Å². The summed E-state index contributed by atoms with van der Waals surface area (Å²) in [6.45, 7) is 10.9. The minimum absolute atomic E-state index is 0.0721. The predicted molar refractivity (Wildman–Crippen MR) is 99.5 cm³/mol. The third-order valence-corrected chi connectivity index (χ3v) is 9.21. The number of fused-ring (bicyclic) bond motifs is 3. The van der Waals surface area contributed by atoms with Crippen LogP contribution >= 0.6 is 0 Å². The van der Waals surface area contributed by atoms with Crippen molar-refractivity contribution >= 4 is 30.1 Å². The number of aromatic hydroxyl groups is 1. The highest BCUT2D eigenvalue weighted by Crippen LogP contribution is 2.38. The third-order valence-electron chi connectivity index (χ3n) is 4.85. The lowest BCUT2D eigenvalue weighted by Crippen LogP contribution is -2.43. The van der Waals surface area contributed by atoms with E-state index in [2.05, 4.69) is 33.9 Å². The molecular formula is C19H22O4Si. The van der Waals surface area contributed by atoms with Gasteiger partial charge in [-0.05, 0) is 48.5 Å². The van der Waals surface area contributed by atoms with Gasteiger partial charge in [0.15, 0.2) is 0 Å². The summed E-state index contributed by atoms with van der Waals surface area (Å²) in [5.74, 6) is 0.766. The Hall–Kier alpha value is -2.27. The molecule has 0 saturated heterocycles. The topological polar surface area (TPSA) is 59.7 Å². The highest BCUT2D eigenvalue weighted by Gasteiger charge is 2.39. The summed E-state index contributed by atoms with van der Waals surface area (Å²) in [7, 11) is -1.98. The summed E-state index contributed by atoms with van der Waals surface area (Å²) in [5, 5.41) is 11.7. The van der Waals surface area contributed by atoms with Crippen molar-refractivity contribution in [2.24, 2.45) is 0 Å². The molecule has 0 aliphatic rings. The number of benzene rings is 2. The Labute approximate surface area is 141 Å². The van der Waals surface area contributed by atoms with Gasteiger partial charge < -0.3 is 13.9 Å². The molecule has 2 aromatic carbocycles. The Kier molecular flexibility index (Phi) is 3.72. The maximum Gasteiger partial charge on any atom is 0.344 e. The first-order valence-corrected chi connectivity index (χ1v) is 10.9. The van der Waals surface area contributed by atoms with Crippen molar-refractivity contribution in [2.45, 2.75) is 38.9 Å². The summed E-state index contributed by atoms with van der Waals surface area (Å²) < 4.78 is 11.6. The van der Waals surface area contributed by atoms with Gasteiger partial charge in [0.2, 0.25) is 8.32 Å². The van der Waals surface area contributed by atoms with Crippen LogP contribution < -0.4 is 10.1 Å². The second-order valence-electron chi connectivity index (χ2n) is 7.64. The van der Waals surface area contributed by atoms with Gasteiger partial charge in [-0.1, -0.05) is 20.8 Å². The van der Waals surface area contributed by atoms with Crippen molar-refractivity contribution < 1.29 is 13.9 Å². The molecule has 0 aliphatic carbocycles. The van der Waals surface area contributed by atoms with E-state index in [-0.39, 0.29) is 10.8 Å². The maximum absolute atomic E-state index is 12.3. The minimum Gasteiger partial charge on any atom is -0.543 e. The molecule has 3 rings (SSSR count). The Morgan fingerprint density at radius 2 is 1.67 bits per heavy atom. The maximum atomic E-state index is 12.3. The van der Waals surface area contributed by atoms with Gasteiger partial charge in [-0.2, -0.15) is 0 Å². The van der Waals surface area contributed by atoms with Gasteiger partial charge in [-0.3, -0.25) is 0 Å². The van der Waals surface area contributed by atoms with Gasteiger partial charge in [0.1, 0.15) is 17.1 Å². The molecule has 1 N–H and O–H groups in total. The lowest BCUT2D eigenvalue weighted by Gasteiger charge is -2.36. The average Bonchev–Trinajstić information content (AvgIpc) is 2.45. The van der Waals surface area contributed by atoms with Crippen LogP contribution in [0.1, 0.15) is 20.8 Å². The Morgan fingerprint density at radius 3 is 2.33 bits per heavy atom. The fourth-order valence-corrected chi connectivity index (χ4v) is 3.43. The largest absolute Gasteiger partial charge is 0.543 e. The molecule has 24 heavy (non-hydrogen) atoms. The molecule has 0 atom stereocenters.